The van der Waals surface area contributed by atoms with Gasteiger partial charge in [-0.2, -0.15) is 5.10 Å². The van der Waals surface area contributed by atoms with E-state index >= 15 is 0 Å². The molecule has 0 aromatic carbocycles. The van der Waals surface area contributed by atoms with Gasteiger partial charge in [-0.1, -0.05) is 5.16 Å². The summed E-state index contributed by atoms with van der Waals surface area (Å²) in [5.41, 5.74) is 2.54. The highest BCUT2D eigenvalue weighted by Crippen LogP contribution is 2.26. The standard InChI is InChI=1S/C17H24N4O2/c1-4-20-10-13(9-18-20)11-21(12(2)3)17(22)16-14-7-5-6-8-15(14)23-19-16/h9-10,12H,4-8,11H2,1-3H3. The van der Waals surface area contributed by atoms with Crippen LogP contribution in [0.15, 0.2) is 16.9 Å². The van der Waals surface area contributed by atoms with Crippen LogP contribution in [0.1, 0.15) is 61.0 Å². The van der Waals surface area contributed by atoms with Crippen molar-refractivity contribution in [3.63, 3.8) is 0 Å². The van der Waals surface area contributed by atoms with E-state index in [9.17, 15) is 4.79 Å². The van der Waals surface area contributed by atoms with E-state index in [1.54, 1.807) is 0 Å². The molecule has 3 rings (SSSR count). The molecule has 23 heavy (non-hydrogen) atoms. The topological polar surface area (TPSA) is 64.2 Å². The Hall–Kier alpha value is -2.11. The lowest BCUT2D eigenvalue weighted by molar-refractivity contribution is 0.0678. The van der Waals surface area contributed by atoms with E-state index in [0.717, 1.165) is 49.1 Å². The third-order valence-electron chi connectivity index (χ3n) is 4.40. The summed E-state index contributed by atoms with van der Waals surface area (Å²) < 4.78 is 7.27. The van der Waals surface area contributed by atoms with E-state index in [4.69, 9.17) is 4.52 Å². The summed E-state index contributed by atoms with van der Waals surface area (Å²) in [4.78, 5) is 14.8. The Bertz CT molecular complexity index is 687. The van der Waals surface area contributed by atoms with Crippen LogP contribution in [-0.4, -0.2) is 31.8 Å². The number of fused-ring (bicyclic) bond motifs is 1. The summed E-state index contributed by atoms with van der Waals surface area (Å²) in [7, 11) is 0. The summed E-state index contributed by atoms with van der Waals surface area (Å²) in [5, 5.41) is 8.36. The largest absolute Gasteiger partial charge is 0.360 e. The van der Waals surface area contributed by atoms with Crippen LogP contribution in [0.25, 0.3) is 0 Å². The third-order valence-corrected chi connectivity index (χ3v) is 4.40. The molecule has 1 aliphatic carbocycles. The first-order valence-corrected chi connectivity index (χ1v) is 8.39. The van der Waals surface area contributed by atoms with Crippen LogP contribution in [0.3, 0.4) is 0 Å². The summed E-state index contributed by atoms with van der Waals surface area (Å²) in [6.07, 6.45) is 7.80. The van der Waals surface area contributed by atoms with Crippen LogP contribution in [0.2, 0.25) is 0 Å². The van der Waals surface area contributed by atoms with Gasteiger partial charge in [-0.3, -0.25) is 9.48 Å². The second kappa shape index (κ2) is 6.56. The molecular formula is C17H24N4O2. The number of hydrogen-bond donors (Lipinski definition) is 0. The minimum atomic E-state index is -0.0452. The van der Waals surface area contributed by atoms with E-state index in [-0.39, 0.29) is 11.9 Å². The fourth-order valence-corrected chi connectivity index (χ4v) is 3.04. The Morgan fingerprint density at radius 3 is 2.87 bits per heavy atom. The highest BCUT2D eigenvalue weighted by molar-refractivity contribution is 5.94. The van der Waals surface area contributed by atoms with Gasteiger partial charge in [0.2, 0.25) is 0 Å². The molecule has 0 atom stereocenters. The van der Waals surface area contributed by atoms with Gasteiger partial charge in [-0.15, -0.1) is 0 Å². The quantitative estimate of drug-likeness (QED) is 0.851. The molecule has 0 N–H and O–H groups in total. The number of aryl methyl sites for hydroxylation is 2. The van der Waals surface area contributed by atoms with E-state index < -0.39 is 0 Å². The van der Waals surface area contributed by atoms with Crippen molar-refractivity contribution >= 4 is 5.91 Å². The van der Waals surface area contributed by atoms with Gasteiger partial charge in [0, 0.05) is 42.9 Å². The number of hydrogen-bond acceptors (Lipinski definition) is 4. The lowest BCUT2D eigenvalue weighted by Gasteiger charge is -2.26. The minimum Gasteiger partial charge on any atom is -0.360 e. The average molecular weight is 316 g/mol. The van der Waals surface area contributed by atoms with Gasteiger partial charge in [0.25, 0.3) is 5.91 Å². The van der Waals surface area contributed by atoms with Crippen LogP contribution in [0.5, 0.6) is 0 Å². The number of carbonyl (C=O) groups is 1. The van der Waals surface area contributed by atoms with Gasteiger partial charge in [-0.05, 0) is 40.0 Å². The maximum absolute atomic E-state index is 13.0. The van der Waals surface area contributed by atoms with Gasteiger partial charge in [0.1, 0.15) is 5.76 Å². The molecule has 0 radical (unpaired) electrons. The fourth-order valence-electron chi connectivity index (χ4n) is 3.04. The first kappa shape index (κ1) is 15.8. The zero-order valence-electron chi connectivity index (χ0n) is 14.1. The molecule has 0 saturated heterocycles. The summed E-state index contributed by atoms with van der Waals surface area (Å²) in [5.74, 6) is 0.846. The van der Waals surface area contributed by atoms with Crippen molar-refractivity contribution < 1.29 is 9.32 Å². The van der Waals surface area contributed by atoms with Crippen molar-refractivity contribution in [2.24, 2.45) is 0 Å². The molecule has 0 unspecified atom stereocenters. The molecule has 2 heterocycles. The van der Waals surface area contributed by atoms with Gasteiger partial charge < -0.3 is 9.42 Å². The third kappa shape index (κ3) is 3.16. The van der Waals surface area contributed by atoms with Gasteiger partial charge >= 0.3 is 0 Å². The Balaban J connectivity index is 1.83. The highest BCUT2D eigenvalue weighted by Gasteiger charge is 2.28. The monoisotopic (exact) mass is 316 g/mol. The number of carbonyl (C=O) groups excluding carboxylic acids is 1. The Morgan fingerprint density at radius 2 is 2.17 bits per heavy atom. The molecule has 0 aliphatic heterocycles. The number of nitrogens with zero attached hydrogens (tertiary/aromatic N) is 4. The smallest absolute Gasteiger partial charge is 0.276 e. The maximum atomic E-state index is 13.0. The molecule has 2 aromatic rings. The first-order chi connectivity index (χ1) is 11.1. The van der Waals surface area contributed by atoms with E-state index in [1.165, 1.54) is 0 Å². The summed E-state index contributed by atoms with van der Waals surface area (Å²) in [6.45, 7) is 7.46. The van der Waals surface area contributed by atoms with Crippen molar-refractivity contribution in [1.29, 1.82) is 0 Å². The Kier molecular flexibility index (Phi) is 4.50. The molecule has 0 bridgehead atoms. The molecule has 1 amide bonds. The van der Waals surface area contributed by atoms with Gasteiger partial charge in [0.15, 0.2) is 5.69 Å². The van der Waals surface area contributed by atoms with Crippen molar-refractivity contribution in [3.8, 4) is 0 Å². The molecule has 124 valence electrons. The van der Waals surface area contributed by atoms with Crippen molar-refractivity contribution in [2.45, 2.75) is 65.6 Å². The van der Waals surface area contributed by atoms with Gasteiger partial charge in [0.05, 0.1) is 6.20 Å². The van der Waals surface area contributed by atoms with Crippen LogP contribution in [0, 0.1) is 0 Å². The molecule has 0 fully saturated rings. The van der Waals surface area contributed by atoms with Crippen LogP contribution in [0.4, 0.5) is 0 Å². The van der Waals surface area contributed by atoms with Crippen molar-refractivity contribution in [3.05, 3.63) is 35.0 Å². The number of amides is 1. The van der Waals surface area contributed by atoms with E-state index in [1.807, 2.05) is 42.7 Å². The predicted molar refractivity (Wildman–Crippen MR) is 86.1 cm³/mol. The maximum Gasteiger partial charge on any atom is 0.276 e. The predicted octanol–water partition coefficient (Wildman–Crippen LogP) is 2.82. The molecule has 6 nitrogen and oxygen atoms in total. The van der Waals surface area contributed by atoms with Gasteiger partial charge in [-0.25, -0.2) is 0 Å². The fraction of sp³-hybridized carbons (Fsp3) is 0.588. The van der Waals surface area contributed by atoms with Crippen LogP contribution < -0.4 is 0 Å². The Labute approximate surface area is 136 Å². The Morgan fingerprint density at radius 1 is 1.39 bits per heavy atom. The zero-order valence-corrected chi connectivity index (χ0v) is 14.1. The molecule has 0 spiro atoms. The average Bonchev–Trinajstić information content (AvgIpc) is 3.18. The van der Waals surface area contributed by atoms with E-state index in [0.29, 0.717) is 12.2 Å². The molecule has 6 heteroatoms. The van der Waals surface area contributed by atoms with Crippen molar-refractivity contribution in [2.75, 3.05) is 0 Å². The van der Waals surface area contributed by atoms with E-state index in [2.05, 4.69) is 10.3 Å². The first-order valence-electron chi connectivity index (χ1n) is 8.39. The van der Waals surface area contributed by atoms with Crippen LogP contribution >= 0.6 is 0 Å². The second-order valence-corrected chi connectivity index (χ2v) is 6.37. The second-order valence-electron chi connectivity index (χ2n) is 6.37. The summed E-state index contributed by atoms with van der Waals surface area (Å²) >= 11 is 0. The lowest BCUT2D eigenvalue weighted by atomic mass is 9.96. The lowest BCUT2D eigenvalue weighted by Crippen LogP contribution is -2.37. The highest BCUT2D eigenvalue weighted by atomic mass is 16.5. The van der Waals surface area contributed by atoms with Crippen LogP contribution in [-0.2, 0) is 25.9 Å². The number of rotatable bonds is 5. The summed E-state index contributed by atoms with van der Waals surface area (Å²) in [6, 6.07) is 0.0865. The molecular weight excluding hydrogens is 292 g/mol. The zero-order chi connectivity index (χ0) is 16.4. The SMILES string of the molecule is CCn1cc(CN(C(=O)c2noc3c2CCCC3)C(C)C)cn1. The normalized spacial score (nSPS) is 14.1. The molecule has 2 aromatic heterocycles. The van der Waals surface area contributed by atoms with Crippen molar-refractivity contribution in [1.82, 2.24) is 19.8 Å². The molecule has 1 aliphatic rings. The number of aromatic nitrogens is 3. The minimum absolute atomic E-state index is 0.0452. The molecule has 0 saturated carbocycles.